The van der Waals surface area contributed by atoms with Crippen molar-refractivity contribution in [2.24, 2.45) is 0 Å². The molecule has 3 aromatic rings. The van der Waals surface area contributed by atoms with Crippen molar-refractivity contribution < 1.29 is 5.11 Å². The summed E-state index contributed by atoms with van der Waals surface area (Å²) in [6, 6.07) is 13.7. The third-order valence-electron chi connectivity index (χ3n) is 3.17. The zero-order chi connectivity index (χ0) is 12.6. The van der Waals surface area contributed by atoms with E-state index < -0.39 is 5.60 Å². The number of aliphatic hydroxyl groups is 1. The maximum Gasteiger partial charge on any atom is 0.122 e. The Bertz CT molecular complexity index is 669. The van der Waals surface area contributed by atoms with Gasteiger partial charge in [-0.25, -0.2) is 0 Å². The molecule has 1 aromatic carbocycles. The molecule has 2 heterocycles. The minimum Gasteiger partial charge on any atom is -0.380 e. The Balaban J connectivity index is 2.26. The smallest absolute Gasteiger partial charge is 0.122 e. The number of hydrogen-bond donors (Lipinski definition) is 1. The van der Waals surface area contributed by atoms with Crippen molar-refractivity contribution in [1.29, 1.82) is 0 Å². The Morgan fingerprint density at radius 1 is 1.11 bits per heavy atom. The summed E-state index contributed by atoms with van der Waals surface area (Å²) in [7, 11) is 0. The van der Waals surface area contributed by atoms with E-state index in [2.05, 4.69) is 4.98 Å². The summed E-state index contributed by atoms with van der Waals surface area (Å²) in [5, 5.41) is 13.8. The van der Waals surface area contributed by atoms with Crippen LogP contribution in [0.2, 0.25) is 0 Å². The van der Waals surface area contributed by atoms with Crippen LogP contribution in [0, 0.1) is 0 Å². The van der Waals surface area contributed by atoms with E-state index in [1.54, 1.807) is 17.5 Å². The highest BCUT2D eigenvalue weighted by atomic mass is 32.1. The van der Waals surface area contributed by atoms with E-state index in [-0.39, 0.29) is 0 Å². The van der Waals surface area contributed by atoms with E-state index in [1.807, 2.05) is 54.8 Å². The molecule has 1 atom stereocenters. The fourth-order valence-corrected chi connectivity index (χ4v) is 3.02. The second kappa shape index (κ2) is 4.19. The van der Waals surface area contributed by atoms with Crippen molar-refractivity contribution >= 4 is 22.2 Å². The van der Waals surface area contributed by atoms with Crippen molar-refractivity contribution in [3.63, 3.8) is 0 Å². The first kappa shape index (κ1) is 11.4. The van der Waals surface area contributed by atoms with Crippen LogP contribution in [0.3, 0.4) is 0 Å². The molecule has 0 saturated heterocycles. The van der Waals surface area contributed by atoms with Crippen LogP contribution < -0.4 is 0 Å². The summed E-state index contributed by atoms with van der Waals surface area (Å²) in [6.45, 7) is 1.83. The summed E-state index contributed by atoms with van der Waals surface area (Å²) >= 11 is 1.56. The molecule has 2 nitrogen and oxygen atoms in total. The van der Waals surface area contributed by atoms with Crippen molar-refractivity contribution in [2.45, 2.75) is 12.5 Å². The van der Waals surface area contributed by atoms with Gasteiger partial charge in [0.05, 0.1) is 5.52 Å². The van der Waals surface area contributed by atoms with E-state index in [0.717, 1.165) is 21.3 Å². The molecular weight excluding hydrogens is 242 g/mol. The summed E-state index contributed by atoms with van der Waals surface area (Å²) in [4.78, 5) is 5.27. The van der Waals surface area contributed by atoms with Gasteiger partial charge in [-0.15, -0.1) is 11.3 Å². The summed E-state index contributed by atoms with van der Waals surface area (Å²) in [5.41, 5.74) is 0.832. The van der Waals surface area contributed by atoms with Crippen LogP contribution in [0.5, 0.6) is 0 Å². The van der Waals surface area contributed by atoms with Gasteiger partial charge in [0.1, 0.15) is 5.60 Å². The molecule has 0 bridgehead atoms. The SMILES string of the molecule is CC(O)(c1cccs1)c1cccc2ncccc12. The van der Waals surface area contributed by atoms with Gasteiger partial charge in [-0.3, -0.25) is 4.98 Å². The van der Waals surface area contributed by atoms with Gasteiger partial charge < -0.3 is 5.11 Å². The number of nitrogens with zero attached hydrogens (tertiary/aromatic N) is 1. The monoisotopic (exact) mass is 255 g/mol. The highest BCUT2D eigenvalue weighted by Gasteiger charge is 2.28. The Morgan fingerprint density at radius 3 is 2.78 bits per heavy atom. The molecule has 3 heteroatoms. The molecule has 0 saturated carbocycles. The lowest BCUT2D eigenvalue weighted by molar-refractivity contribution is 0.108. The number of aromatic nitrogens is 1. The number of pyridine rings is 1. The van der Waals surface area contributed by atoms with Crippen LogP contribution in [0.4, 0.5) is 0 Å². The topological polar surface area (TPSA) is 33.1 Å². The van der Waals surface area contributed by atoms with E-state index in [0.29, 0.717) is 0 Å². The summed E-state index contributed by atoms with van der Waals surface area (Å²) in [6.07, 6.45) is 1.77. The molecular formula is C15H13NOS. The van der Waals surface area contributed by atoms with Gasteiger partial charge in [-0.05, 0) is 36.1 Å². The van der Waals surface area contributed by atoms with Crippen LogP contribution in [-0.2, 0) is 5.60 Å². The molecule has 0 aliphatic heterocycles. The lowest BCUT2D eigenvalue weighted by Gasteiger charge is -2.24. The van der Waals surface area contributed by atoms with Gasteiger partial charge in [0.15, 0.2) is 0 Å². The first-order chi connectivity index (χ1) is 8.69. The molecule has 0 spiro atoms. The van der Waals surface area contributed by atoms with Gasteiger partial charge in [-0.2, -0.15) is 0 Å². The Hall–Kier alpha value is -1.71. The number of rotatable bonds is 2. The van der Waals surface area contributed by atoms with Gasteiger partial charge in [0.2, 0.25) is 0 Å². The van der Waals surface area contributed by atoms with Crippen molar-refractivity contribution in [1.82, 2.24) is 4.98 Å². The molecule has 18 heavy (non-hydrogen) atoms. The van der Waals surface area contributed by atoms with E-state index >= 15 is 0 Å². The molecule has 1 unspecified atom stereocenters. The Labute approximate surface area is 110 Å². The maximum atomic E-state index is 10.8. The van der Waals surface area contributed by atoms with Crippen LogP contribution >= 0.6 is 11.3 Å². The standard InChI is InChI=1S/C15H13NOS/c1-15(17,14-8-4-10-18-14)12-6-2-7-13-11(12)5-3-9-16-13/h2-10,17H,1H3. The maximum absolute atomic E-state index is 10.8. The fourth-order valence-electron chi connectivity index (χ4n) is 2.22. The third-order valence-corrected chi connectivity index (χ3v) is 4.25. The minimum atomic E-state index is -0.975. The molecule has 0 aliphatic carbocycles. The van der Waals surface area contributed by atoms with E-state index in [1.165, 1.54) is 0 Å². The molecule has 90 valence electrons. The number of hydrogen-bond acceptors (Lipinski definition) is 3. The largest absolute Gasteiger partial charge is 0.380 e. The molecule has 1 N–H and O–H groups in total. The predicted octanol–water partition coefficient (Wildman–Crippen LogP) is 3.55. The van der Waals surface area contributed by atoms with Gasteiger partial charge in [-0.1, -0.05) is 24.3 Å². The molecule has 3 rings (SSSR count). The summed E-state index contributed by atoms with van der Waals surface area (Å²) in [5.74, 6) is 0. The zero-order valence-electron chi connectivity index (χ0n) is 10.00. The van der Waals surface area contributed by atoms with Crippen LogP contribution in [-0.4, -0.2) is 10.1 Å². The number of thiophene rings is 1. The van der Waals surface area contributed by atoms with E-state index in [4.69, 9.17) is 0 Å². The Morgan fingerprint density at radius 2 is 2.00 bits per heavy atom. The van der Waals surface area contributed by atoms with Crippen LogP contribution in [0.1, 0.15) is 17.4 Å². The second-order valence-corrected chi connectivity index (χ2v) is 5.37. The quantitative estimate of drug-likeness (QED) is 0.759. The van der Waals surface area contributed by atoms with Gasteiger partial charge in [0.25, 0.3) is 0 Å². The van der Waals surface area contributed by atoms with Crippen LogP contribution in [0.15, 0.2) is 54.0 Å². The highest BCUT2D eigenvalue weighted by molar-refractivity contribution is 7.10. The van der Waals surface area contributed by atoms with Crippen molar-refractivity contribution in [2.75, 3.05) is 0 Å². The third kappa shape index (κ3) is 1.72. The van der Waals surface area contributed by atoms with Crippen molar-refractivity contribution in [3.8, 4) is 0 Å². The minimum absolute atomic E-state index is 0.899. The lowest BCUT2D eigenvalue weighted by Crippen LogP contribution is -2.21. The molecule has 0 radical (unpaired) electrons. The molecule has 0 fully saturated rings. The second-order valence-electron chi connectivity index (χ2n) is 4.43. The number of fused-ring (bicyclic) bond motifs is 1. The predicted molar refractivity (Wildman–Crippen MR) is 74.7 cm³/mol. The first-order valence-electron chi connectivity index (χ1n) is 5.80. The van der Waals surface area contributed by atoms with Crippen LogP contribution in [0.25, 0.3) is 10.9 Å². The molecule has 0 aliphatic rings. The van der Waals surface area contributed by atoms with Gasteiger partial charge >= 0.3 is 0 Å². The normalized spacial score (nSPS) is 14.6. The highest BCUT2D eigenvalue weighted by Crippen LogP contribution is 2.35. The molecule has 0 amide bonds. The Kier molecular flexibility index (Phi) is 2.65. The average Bonchev–Trinajstić information content (AvgIpc) is 2.92. The fraction of sp³-hybridized carbons (Fsp3) is 0.133. The van der Waals surface area contributed by atoms with Gasteiger partial charge in [0, 0.05) is 16.5 Å². The zero-order valence-corrected chi connectivity index (χ0v) is 10.8. The van der Waals surface area contributed by atoms with E-state index in [9.17, 15) is 5.11 Å². The average molecular weight is 255 g/mol. The summed E-state index contributed by atoms with van der Waals surface area (Å²) < 4.78 is 0. The first-order valence-corrected chi connectivity index (χ1v) is 6.68. The van der Waals surface area contributed by atoms with Crippen molar-refractivity contribution in [3.05, 3.63) is 64.5 Å². The molecule has 2 aromatic heterocycles. The lowest BCUT2D eigenvalue weighted by atomic mass is 9.91. The number of benzene rings is 1.